The van der Waals surface area contributed by atoms with E-state index in [0.29, 0.717) is 18.7 Å². The Morgan fingerprint density at radius 2 is 2.15 bits per heavy atom. The maximum absolute atomic E-state index is 12.2. The van der Waals surface area contributed by atoms with Gasteiger partial charge in [-0.25, -0.2) is 5.01 Å². The molecule has 1 aliphatic heterocycles. The van der Waals surface area contributed by atoms with E-state index in [2.05, 4.69) is 21.0 Å². The molecule has 0 aliphatic carbocycles. The van der Waals surface area contributed by atoms with E-state index in [0.717, 1.165) is 10.0 Å². The van der Waals surface area contributed by atoms with E-state index >= 15 is 0 Å². The van der Waals surface area contributed by atoms with E-state index < -0.39 is 11.9 Å². The lowest BCUT2D eigenvalue weighted by Crippen LogP contribution is -2.27. The van der Waals surface area contributed by atoms with E-state index in [9.17, 15) is 9.59 Å². The van der Waals surface area contributed by atoms with Crippen LogP contribution in [0.4, 0.5) is 0 Å². The summed E-state index contributed by atoms with van der Waals surface area (Å²) in [6.07, 6.45) is 0.280. The Hall–Kier alpha value is -1.69. The predicted molar refractivity (Wildman–Crippen MR) is 78.2 cm³/mol. The Kier molecular flexibility index (Phi) is 4.54. The van der Waals surface area contributed by atoms with Crippen molar-refractivity contribution < 1.29 is 14.7 Å². The van der Waals surface area contributed by atoms with Gasteiger partial charge in [0.15, 0.2) is 0 Å². The largest absolute Gasteiger partial charge is 0.481 e. The van der Waals surface area contributed by atoms with E-state index in [1.165, 1.54) is 5.01 Å². The highest BCUT2D eigenvalue weighted by molar-refractivity contribution is 9.10. The van der Waals surface area contributed by atoms with Gasteiger partial charge in [0.25, 0.3) is 5.91 Å². The highest BCUT2D eigenvalue weighted by atomic mass is 79.9. The normalized spacial score (nSPS) is 18.3. The number of amides is 1. The molecule has 1 aliphatic rings. The second kappa shape index (κ2) is 6.17. The number of hydrogen-bond donors (Lipinski definition) is 1. The predicted octanol–water partition coefficient (Wildman–Crippen LogP) is 2.65. The van der Waals surface area contributed by atoms with Crippen LogP contribution < -0.4 is 0 Å². The first-order valence-electron chi connectivity index (χ1n) is 6.30. The van der Waals surface area contributed by atoms with Gasteiger partial charge in [-0.1, -0.05) is 34.1 Å². The van der Waals surface area contributed by atoms with Crippen molar-refractivity contribution in [1.29, 1.82) is 0 Å². The average molecular weight is 339 g/mol. The Morgan fingerprint density at radius 1 is 1.45 bits per heavy atom. The quantitative estimate of drug-likeness (QED) is 0.897. The topological polar surface area (TPSA) is 70.0 Å². The first kappa shape index (κ1) is 14.7. The van der Waals surface area contributed by atoms with E-state index in [4.69, 9.17) is 5.11 Å². The van der Waals surface area contributed by atoms with Crippen molar-refractivity contribution >= 4 is 33.5 Å². The number of nitrogens with zero attached hydrogens (tertiary/aromatic N) is 2. The Bertz CT molecular complexity index is 571. The molecule has 106 valence electrons. The maximum Gasteiger partial charge on any atom is 0.303 e. The van der Waals surface area contributed by atoms with Crippen molar-refractivity contribution in [3.05, 3.63) is 34.3 Å². The minimum Gasteiger partial charge on any atom is -0.481 e. The van der Waals surface area contributed by atoms with Crippen molar-refractivity contribution in [2.24, 2.45) is 11.0 Å². The summed E-state index contributed by atoms with van der Waals surface area (Å²) in [5, 5.41) is 14.4. The van der Waals surface area contributed by atoms with Crippen LogP contribution in [0.3, 0.4) is 0 Å². The molecule has 20 heavy (non-hydrogen) atoms. The summed E-state index contributed by atoms with van der Waals surface area (Å²) in [4.78, 5) is 22.9. The fourth-order valence-corrected chi connectivity index (χ4v) is 2.58. The molecule has 1 N–H and O–H groups in total. The zero-order valence-electron chi connectivity index (χ0n) is 11.0. The first-order valence-corrected chi connectivity index (χ1v) is 7.10. The molecule has 1 aromatic rings. The summed E-state index contributed by atoms with van der Waals surface area (Å²) in [7, 11) is 0. The molecule has 1 amide bonds. The summed E-state index contributed by atoms with van der Waals surface area (Å²) in [6.45, 7) is 2.16. The molecule has 0 radical (unpaired) electrons. The monoisotopic (exact) mass is 338 g/mol. The molecule has 0 saturated heterocycles. The Morgan fingerprint density at radius 3 is 2.80 bits per heavy atom. The second-order valence-corrected chi connectivity index (χ2v) is 5.57. The SMILES string of the molecule is CC1=NN(Cc2ccccc2Br)C(=O)C1CCC(=O)O. The number of carbonyl (C=O) groups excluding carboxylic acids is 1. The number of benzene rings is 1. The lowest BCUT2D eigenvalue weighted by Gasteiger charge is -2.15. The third-order valence-corrected chi connectivity index (χ3v) is 4.03. The van der Waals surface area contributed by atoms with Crippen LogP contribution in [0, 0.1) is 5.92 Å². The molecule has 0 spiro atoms. The van der Waals surface area contributed by atoms with Crippen LogP contribution in [0.1, 0.15) is 25.3 Å². The first-order chi connectivity index (χ1) is 9.49. The molecule has 6 heteroatoms. The van der Waals surface area contributed by atoms with Crippen molar-refractivity contribution in [3.8, 4) is 0 Å². The minimum atomic E-state index is -0.894. The smallest absolute Gasteiger partial charge is 0.303 e. The summed E-state index contributed by atoms with van der Waals surface area (Å²) in [5.41, 5.74) is 1.65. The van der Waals surface area contributed by atoms with Crippen LogP contribution in [0.25, 0.3) is 0 Å². The van der Waals surface area contributed by atoms with E-state index in [-0.39, 0.29) is 12.3 Å². The van der Waals surface area contributed by atoms with Gasteiger partial charge in [0.2, 0.25) is 0 Å². The van der Waals surface area contributed by atoms with Gasteiger partial charge < -0.3 is 5.11 Å². The molecule has 2 rings (SSSR count). The lowest BCUT2D eigenvalue weighted by molar-refractivity contribution is -0.137. The van der Waals surface area contributed by atoms with Gasteiger partial charge in [-0.05, 0) is 25.0 Å². The second-order valence-electron chi connectivity index (χ2n) is 4.71. The molecule has 0 aromatic heterocycles. The Balaban J connectivity index is 2.06. The van der Waals surface area contributed by atoms with Gasteiger partial charge in [0, 0.05) is 16.6 Å². The van der Waals surface area contributed by atoms with Crippen LogP contribution >= 0.6 is 15.9 Å². The van der Waals surface area contributed by atoms with Crippen molar-refractivity contribution in [2.75, 3.05) is 0 Å². The summed E-state index contributed by atoms with van der Waals surface area (Å²) in [6, 6.07) is 7.64. The number of carbonyl (C=O) groups is 2. The van der Waals surface area contributed by atoms with Crippen LogP contribution in [0.15, 0.2) is 33.8 Å². The van der Waals surface area contributed by atoms with Crippen LogP contribution in [-0.4, -0.2) is 27.7 Å². The molecule has 1 aromatic carbocycles. The zero-order valence-corrected chi connectivity index (χ0v) is 12.6. The fraction of sp³-hybridized carbons (Fsp3) is 0.357. The van der Waals surface area contributed by atoms with Gasteiger partial charge in [-0.3, -0.25) is 9.59 Å². The molecular weight excluding hydrogens is 324 g/mol. The fourth-order valence-electron chi connectivity index (χ4n) is 2.17. The number of aliphatic carboxylic acids is 1. The number of carboxylic acids is 1. The molecule has 1 unspecified atom stereocenters. The molecule has 0 bridgehead atoms. The molecule has 0 saturated carbocycles. The third-order valence-electron chi connectivity index (χ3n) is 3.26. The van der Waals surface area contributed by atoms with Crippen molar-refractivity contribution in [1.82, 2.24) is 5.01 Å². The summed E-state index contributed by atoms with van der Waals surface area (Å²) in [5.74, 6) is -1.43. The van der Waals surface area contributed by atoms with Gasteiger partial charge >= 0.3 is 5.97 Å². The van der Waals surface area contributed by atoms with Crippen molar-refractivity contribution in [2.45, 2.75) is 26.3 Å². The summed E-state index contributed by atoms with van der Waals surface area (Å²) >= 11 is 3.44. The van der Waals surface area contributed by atoms with Gasteiger partial charge in [-0.15, -0.1) is 0 Å². The number of hydrogen-bond acceptors (Lipinski definition) is 3. The van der Waals surface area contributed by atoms with Gasteiger partial charge in [0.05, 0.1) is 12.5 Å². The Labute approximate surface area is 125 Å². The maximum atomic E-state index is 12.2. The molecule has 1 atom stereocenters. The van der Waals surface area contributed by atoms with Crippen LogP contribution in [0.2, 0.25) is 0 Å². The highest BCUT2D eigenvalue weighted by Gasteiger charge is 2.33. The number of halogens is 1. The lowest BCUT2D eigenvalue weighted by atomic mass is 9.98. The van der Waals surface area contributed by atoms with Crippen molar-refractivity contribution in [3.63, 3.8) is 0 Å². The van der Waals surface area contributed by atoms with E-state index in [1.807, 2.05) is 24.3 Å². The molecule has 1 heterocycles. The average Bonchev–Trinajstić information content (AvgIpc) is 2.65. The standard InChI is InChI=1S/C14H15BrN2O3/c1-9-11(6-7-13(18)19)14(20)17(16-9)8-10-4-2-3-5-12(10)15/h2-5,11H,6-8H2,1H3,(H,18,19). The molecule has 0 fully saturated rings. The van der Waals surface area contributed by atoms with Crippen LogP contribution in [-0.2, 0) is 16.1 Å². The molecule has 5 nitrogen and oxygen atoms in total. The van der Waals surface area contributed by atoms with Gasteiger partial charge in [-0.2, -0.15) is 5.10 Å². The number of hydrazone groups is 1. The third kappa shape index (κ3) is 3.25. The van der Waals surface area contributed by atoms with E-state index in [1.54, 1.807) is 6.92 Å². The summed E-state index contributed by atoms with van der Waals surface area (Å²) < 4.78 is 0.926. The minimum absolute atomic E-state index is 0.0217. The molecular formula is C14H15BrN2O3. The van der Waals surface area contributed by atoms with Crippen LogP contribution in [0.5, 0.6) is 0 Å². The number of rotatable bonds is 5. The zero-order chi connectivity index (χ0) is 14.7. The highest BCUT2D eigenvalue weighted by Crippen LogP contribution is 2.25. The number of carboxylic acid groups (broad SMARTS) is 1. The van der Waals surface area contributed by atoms with Gasteiger partial charge in [0.1, 0.15) is 0 Å².